The Kier molecular flexibility index (Phi) is 5.00. The van der Waals surface area contributed by atoms with E-state index in [-0.39, 0.29) is 17.4 Å². The fourth-order valence-electron chi connectivity index (χ4n) is 4.28. The first-order valence-corrected chi connectivity index (χ1v) is 10.4. The quantitative estimate of drug-likeness (QED) is 0.603. The zero-order valence-corrected chi connectivity index (χ0v) is 17.8. The van der Waals surface area contributed by atoms with E-state index >= 15 is 0 Å². The van der Waals surface area contributed by atoms with Gasteiger partial charge in [-0.1, -0.05) is 35.9 Å². The van der Waals surface area contributed by atoms with Gasteiger partial charge in [0.15, 0.2) is 17.6 Å². The lowest BCUT2D eigenvalue weighted by molar-refractivity contribution is -0.126. The fourth-order valence-corrected chi connectivity index (χ4v) is 4.40. The van der Waals surface area contributed by atoms with Crippen LogP contribution in [0.15, 0.2) is 72.8 Å². The number of phenolic OH excluding ortho intramolecular Hbond substituents is 1. The molecule has 7 nitrogen and oxygen atoms in total. The number of imide groups is 1. The first-order chi connectivity index (χ1) is 15.5. The number of benzene rings is 3. The van der Waals surface area contributed by atoms with Crippen LogP contribution in [0.3, 0.4) is 0 Å². The van der Waals surface area contributed by atoms with Gasteiger partial charge in [0, 0.05) is 5.02 Å². The topological polar surface area (TPSA) is 79.3 Å². The predicted octanol–water partition coefficient (Wildman–Crippen LogP) is 4.11. The lowest BCUT2D eigenvalue weighted by Gasteiger charge is -2.29. The number of hydrogen-bond acceptors (Lipinski definition) is 6. The summed E-state index contributed by atoms with van der Waals surface area (Å²) < 4.78 is 5.26. The van der Waals surface area contributed by atoms with Crippen LogP contribution in [0.2, 0.25) is 5.02 Å². The number of amides is 2. The number of carbonyl (C=O) groups is 2. The summed E-state index contributed by atoms with van der Waals surface area (Å²) in [7, 11) is 1.45. The molecule has 2 amide bonds. The maximum Gasteiger partial charge on any atom is 0.266 e. The van der Waals surface area contributed by atoms with Gasteiger partial charge in [-0.05, 0) is 54.1 Å². The number of anilines is 2. The molecule has 2 aliphatic rings. The molecule has 2 saturated heterocycles. The van der Waals surface area contributed by atoms with Gasteiger partial charge in [0.2, 0.25) is 5.91 Å². The number of hydroxylamine groups is 1. The Balaban J connectivity index is 1.61. The Bertz CT molecular complexity index is 1180. The minimum atomic E-state index is -0.983. The van der Waals surface area contributed by atoms with Crippen LogP contribution >= 0.6 is 11.6 Å². The van der Waals surface area contributed by atoms with Crippen LogP contribution in [0.25, 0.3) is 0 Å². The summed E-state index contributed by atoms with van der Waals surface area (Å²) in [5.41, 5.74) is 1.81. The largest absolute Gasteiger partial charge is 0.504 e. The molecular formula is C24H19ClN2O5. The molecule has 3 aromatic rings. The van der Waals surface area contributed by atoms with E-state index in [9.17, 15) is 14.7 Å². The molecule has 8 heteroatoms. The Labute approximate surface area is 189 Å². The molecule has 2 fully saturated rings. The molecule has 0 unspecified atom stereocenters. The third-order valence-electron chi connectivity index (χ3n) is 5.76. The lowest BCUT2D eigenvalue weighted by Crippen LogP contribution is -2.37. The summed E-state index contributed by atoms with van der Waals surface area (Å²) >= 11 is 6.04. The van der Waals surface area contributed by atoms with Gasteiger partial charge in [-0.3, -0.25) is 14.4 Å². The number of phenols is 1. The zero-order chi connectivity index (χ0) is 22.4. The minimum absolute atomic E-state index is 0.0236. The summed E-state index contributed by atoms with van der Waals surface area (Å²) in [4.78, 5) is 34.1. The van der Waals surface area contributed by atoms with Crippen molar-refractivity contribution in [3.8, 4) is 11.5 Å². The number of halogens is 1. The summed E-state index contributed by atoms with van der Waals surface area (Å²) in [5, 5.41) is 12.2. The van der Waals surface area contributed by atoms with E-state index in [1.807, 2.05) is 6.07 Å². The molecule has 0 aromatic heterocycles. The van der Waals surface area contributed by atoms with Crippen LogP contribution in [-0.4, -0.2) is 30.1 Å². The highest BCUT2D eigenvalue weighted by atomic mass is 35.5. The molecule has 0 spiro atoms. The number of para-hydroxylation sites is 1. The highest BCUT2D eigenvalue weighted by Crippen LogP contribution is 2.48. The van der Waals surface area contributed by atoms with Crippen molar-refractivity contribution in [3.05, 3.63) is 83.4 Å². The van der Waals surface area contributed by atoms with Crippen molar-refractivity contribution in [2.45, 2.75) is 12.1 Å². The maximum atomic E-state index is 13.5. The number of rotatable bonds is 4. The second-order valence-electron chi connectivity index (χ2n) is 7.58. The average molecular weight is 451 g/mol. The lowest BCUT2D eigenvalue weighted by atomic mass is 9.90. The number of nitrogens with zero attached hydrogens (tertiary/aromatic N) is 2. The average Bonchev–Trinajstić information content (AvgIpc) is 3.31. The molecule has 5 rings (SSSR count). The Morgan fingerprint density at radius 1 is 0.938 bits per heavy atom. The first kappa shape index (κ1) is 20.4. The fraction of sp³-hybridized carbons (Fsp3) is 0.167. The van der Waals surface area contributed by atoms with Crippen molar-refractivity contribution in [2.75, 3.05) is 17.1 Å². The van der Waals surface area contributed by atoms with E-state index in [0.717, 1.165) is 0 Å². The van der Waals surface area contributed by atoms with Crippen molar-refractivity contribution in [3.63, 3.8) is 0 Å². The van der Waals surface area contributed by atoms with Gasteiger partial charge < -0.3 is 9.84 Å². The van der Waals surface area contributed by atoms with Crippen molar-refractivity contribution >= 4 is 34.8 Å². The van der Waals surface area contributed by atoms with Gasteiger partial charge in [-0.25, -0.2) is 9.96 Å². The van der Waals surface area contributed by atoms with Crippen LogP contribution in [0.1, 0.15) is 11.6 Å². The molecule has 32 heavy (non-hydrogen) atoms. The molecule has 162 valence electrons. The molecule has 3 aromatic carbocycles. The van der Waals surface area contributed by atoms with E-state index < -0.39 is 24.0 Å². The molecule has 2 heterocycles. The number of fused-ring (bicyclic) bond motifs is 1. The van der Waals surface area contributed by atoms with Crippen LogP contribution in [0.4, 0.5) is 11.4 Å². The van der Waals surface area contributed by atoms with Crippen LogP contribution in [-0.2, 0) is 14.4 Å². The van der Waals surface area contributed by atoms with Crippen molar-refractivity contribution in [1.29, 1.82) is 0 Å². The van der Waals surface area contributed by atoms with E-state index in [1.165, 1.54) is 18.1 Å². The Morgan fingerprint density at radius 3 is 2.34 bits per heavy atom. The molecule has 0 saturated carbocycles. The summed E-state index contributed by atoms with van der Waals surface area (Å²) in [6.07, 6.45) is -0.983. The van der Waals surface area contributed by atoms with Gasteiger partial charge in [0.1, 0.15) is 5.92 Å². The van der Waals surface area contributed by atoms with Gasteiger partial charge in [-0.2, -0.15) is 0 Å². The van der Waals surface area contributed by atoms with Gasteiger partial charge >= 0.3 is 0 Å². The van der Waals surface area contributed by atoms with Gasteiger partial charge in [0.05, 0.1) is 24.5 Å². The van der Waals surface area contributed by atoms with Crippen LogP contribution in [0, 0.1) is 5.92 Å². The first-order valence-electron chi connectivity index (χ1n) is 10.0. The minimum Gasteiger partial charge on any atom is -0.504 e. The maximum absolute atomic E-state index is 13.5. The van der Waals surface area contributed by atoms with E-state index in [4.69, 9.17) is 21.2 Å². The monoisotopic (exact) mass is 450 g/mol. The Morgan fingerprint density at radius 2 is 1.66 bits per heavy atom. The smallest absolute Gasteiger partial charge is 0.266 e. The van der Waals surface area contributed by atoms with E-state index in [2.05, 4.69) is 0 Å². The second-order valence-corrected chi connectivity index (χ2v) is 8.01. The van der Waals surface area contributed by atoms with E-state index in [1.54, 1.807) is 65.7 Å². The van der Waals surface area contributed by atoms with Gasteiger partial charge in [0.25, 0.3) is 5.91 Å². The molecular weight excluding hydrogens is 432 g/mol. The number of hydrogen-bond donors (Lipinski definition) is 1. The van der Waals surface area contributed by atoms with Crippen molar-refractivity contribution < 1.29 is 24.3 Å². The highest BCUT2D eigenvalue weighted by molar-refractivity contribution is 6.30. The third-order valence-corrected chi connectivity index (χ3v) is 6.01. The Hall–Kier alpha value is -3.55. The summed E-state index contributed by atoms with van der Waals surface area (Å²) in [6, 6.07) is 20.0. The van der Waals surface area contributed by atoms with Crippen molar-refractivity contribution in [1.82, 2.24) is 0 Å². The highest BCUT2D eigenvalue weighted by Gasteiger charge is 2.60. The molecule has 1 N–H and O–H groups in total. The summed E-state index contributed by atoms with van der Waals surface area (Å²) in [5.74, 6) is -1.31. The number of methoxy groups -OCH3 is 1. The molecule has 0 bridgehead atoms. The number of ether oxygens (including phenoxy) is 1. The number of aromatic hydroxyl groups is 1. The number of carbonyl (C=O) groups excluding carboxylic acids is 2. The van der Waals surface area contributed by atoms with Gasteiger partial charge in [-0.15, -0.1) is 0 Å². The van der Waals surface area contributed by atoms with Crippen LogP contribution in [0.5, 0.6) is 11.5 Å². The zero-order valence-electron chi connectivity index (χ0n) is 17.0. The third kappa shape index (κ3) is 3.18. The standard InChI is InChI=1S/C24H19ClN2O5/c1-31-19-13-14(7-12-18(19)28)21-20-22(32-27(21)17-10-8-15(25)9-11-17)24(30)26(23(20)29)16-5-3-2-4-6-16/h2-13,20-22,28H,1H3/t20-,21+,22-/m1/s1. The van der Waals surface area contributed by atoms with Crippen molar-refractivity contribution in [2.24, 2.45) is 5.92 Å². The predicted molar refractivity (Wildman–Crippen MR) is 119 cm³/mol. The molecule has 0 aliphatic carbocycles. The molecule has 3 atom stereocenters. The normalized spacial score (nSPS) is 22.4. The van der Waals surface area contributed by atoms with E-state index in [0.29, 0.717) is 22.0 Å². The molecule has 0 radical (unpaired) electrons. The molecule has 2 aliphatic heterocycles. The van der Waals surface area contributed by atoms with Crippen LogP contribution < -0.4 is 14.7 Å². The SMILES string of the molecule is COc1cc([C@H]2[C@H]3C(=O)N(c4ccccc4)C(=O)[C@@H]3ON2c2ccc(Cl)cc2)ccc1O. The summed E-state index contributed by atoms with van der Waals surface area (Å²) in [6.45, 7) is 0. The second kappa shape index (κ2) is 7.85.